The predicted octanol–water partition coefficient (Wildman–Crippen LogP) is 6.59. The van der Waals surface area contributed by atoms with Gasteiger partial charge in [0.25, 0.3) is 5.91 Å². The smallest absolute Gasteiger partial charge is 0.259 e. The minimum atomic E-state index is -0.0723. The highest BCUT2D eigenvalue weighted by molar-refractivity contribution is 7.16. The molecule has 3 nitrogen and oxygen atoms in total. The van der Waals surface area contributed by atoms with Gasteiger partial charge in [-0.15, -0.1) is 11.3 Å². The fraction of sp³-hybridized carbons (Fsp3) is 0.217. The SMILES string of the molecule is Cc1ccccc1NC(=O)c1c(/N=C/c2ccc(Cl)cc2)sc2c1CCCC2. The molecular formula is C23H21ClN2OS. The molecule has 1 amide bonds. The molecule has 0 fully saturated rings. The number of thiophene rings is 1. The van der Waals surface area contributed by atoms with Crippen molar-refractivity contribution in [2.75, 3.05) is 5.32 Å². The number of aryl methyl sites for hydroxylation is 2. The number of hydrogen-bond donors (Lipinski definition) is 1. The molecule has 0 saturated heterocycles. The molecular weight excluding hydrogens is 388 g/mol. The highest BCUT2D eigenvalue weighted by atomic mass is 35.5. The molecule has 5 heteroatoms. The number of carbonyl (C=O) groups is 1. The second kappa shape index (κ2) is 8.29. The zero-order valence-corrected chi connectivity index (χ0v) is 17.2. The van der Waals surface area contributed by atoms with E-state index in [1.165, 1.54) is 16.9 Å². The zero-order valence-electron chi connectivity index (χ0n) is 15.7. The maximum absolute atomic E-state index is 13.2. The van der Waals surface area contributed by atoms with Crippen LogP contribution < -0.4 is 5.32 Å². The van der Waals surface area contributed by atoms with E-state index in [1.807, 2.05) is 55.5 Å². The van der Waals surface area contributed by atoms with E-state index in [9.17, 15) is 4.79 Å². The summed E-state index contributed by atoms with van der Waals surface area (Å²) >= 11 is 7.60. The summed E-state index contributed by atoms with van der Waals surface area (Å²) in [5.41, 5.74) is 4.75. The van der Waals surface area contributed by atoms with Gasteiger partial charge in [-0.25, -0.2) is 4.99 Å². The number of nitrogens with zero attached hydrogens (tertiary/aromatic N) is 1. The van der Waals surface area contributed by atoms with Crippen LogP contribution in [-0.4, -0.2) is 12.1 Å². The number of carbonyl (C=O) groups excluding carboxylic acids is 1. The summed E-state index contributed by atoms with van der Waals surface area (Å²) in [5, 5.41) is 4.57. The van der Waals surface area contributed by atoms with E-state index in [0.29, 0.717) is 5.02 Å². The molecule has 0 bridgehead atoms. The average molecular weight is 409 g/mol. The molecule has 0 unspecified atom stereocenters. The summed E-state index contributed by atoms with van der Waals surface area (Å²) in [7, 11) is 0. The Hall–Kier alpha value is -2.43. The van der Waals surface area contributed by atoms with Crippen LogP contribution in [0.2, 0.25) is 5.02 Å². The van der Waals surface area contributed by atoms with Gasteiger partial charge in [0, 0.05) is 21.8 Å². The summed E-state index contributed by atoms with van der Waals surface area (Å²) in [6.45, 7) is 2.00. The van der Waals surface area contributed by atoms with Gasteiger partial charge in [0.15, 0.2) is 0 Å². The van der Waals surface area contributed by atoms with Gasteiger partial charge < -0.3 is 5.32 Å². The molecule has 0 atom stereocenters. The van der Waals surface area contributed by atoms with Crippen molar-refractivity contribution in [1.82, 2.24) is 0 Å². The van der Waals surface area contributed by atoms with E-state index >= 15 is 0 Å². The molecule has 0 aliphatic heterocycles. The highest BCUT2D eigenvalue weighted by Crippen LogP contribution is 2.40. The quantitative estimate of drug-likeness (QED) is 0.486. The summed E-state index contributed by atoms with van der Waals surface area (Å²) in [6.07, 6.45) is 6.07. The van der Waals surface area contributed by atoms with Crippen molar-refractivity contribution in [1.29, 1.82) is 0 Å². The van der Waals surface area contributed by atoms with Gasteiger partial charge in [-0.3, -0.25) is 4.79 Å². The van der Waals surface area contributed by atoms with E-state index < -0.39 is 0 Å². The monoisotopic (exact) mass is 408 g/mol. The Balaban J connectivity index is 1.68. The molecule has 1 aliphatic rings. The van der Waals surface area contributed by atoms with E-state index in [4.69, 9.17) is 11.6 Å². The number of nitrogens with one attached hydrogen (secondary N) is 1. The number of para-hydroxylation sites is 1. The zero-order chi connectivity index (χ0) is 19.5. The van der Waals surface area contributed by atoms with Crippen LogP contribution in [0.3, 0.4) is 0 Å². The lowest BCUT2D eigenvalue weighted by Gasteiger charge is -2.13. The second-order valence-electron chi connectivity index (χ2n) is 6.97. The summed E-state index contributed by atoms with van der Waals surface area (Å²) in [6, 6.07) is 15.4. The van der Waals surface area contributed by atoms with Crippen LogP contribution in [0.5, 0.6) is 0 Å². The topological polar surface area (TPSA) is 41.5 Å². The van der Waals surface area contributed by atoms with Crippen LogP contribution in [0.4, 0.5) is 10.7 Å². The first kappa shape index (κ1) is 18.9. The third kappa shape index (κ3) is 4.03. The number of fused-ring (bicyclic) bond motifs is 1. The summed E-state index contributed by atoms with van der Waals surface area (Å²) in [4.78, 5) is 19.2. The maximum atomic E-state index is 13.2. The molecule has 0 radical (unpaired) electrons. The average Bonchev–Trinajstić information content (AvgIpc) is 3.08. The molecule has 2 aromatic carbocycles. The Morgan fingerprint density at radius 2 is 1.86 bits per heavy atom. The van der Waals surface area contributed by atoms with Gasteiger partial charge in [-0.05, 0) is 67.5 Å². The normalized spacial score (nSPS) is 13.5. The van der Waals surface area contributed by atoms with Crippen LogP contribution in [-0.2, 0) is 12.8 Å². The first-order valence-corrected chi connectivity index (χ1v) is 10.6. The Kier molecular flexibility index (Phi) is 5.60. The number of anilines is 1. The first-order chi connectivity index (χ1) is 13.6. The molecule has 1 aromatic heterocycles. The Labute approximate surface area is 174 Å². The largest absolute Gasteiger partial charge is 0.322 e. The third-order valence-corrected chi connectivity index (χ3v) is 6.43. The van der Waals surface area contributed by atoms with Gasteiger partial charge in [0.2, 0.25) is 0 Å². The van der Waals surface area contributed by atoms with E-state index in [2.05, 4.69) is 10.3 Å². The van der Waals surface area contributed by atoms with Crippen molar-refractivity contribution >= 4 is 45.7 Å². The second-order valence-corrected chi connectivity index (χ2v) is 8.49. The Bertz CT molecular complexity index is 1040. The molecule has 1 N–H and O–H groups in total. The van der Waals surface area contributed by atoms with Crippen molar-refractivity contribution < 1.29 is 4.79 Å². The highest BCUT2D eigenvalue weighted by Gasteiger charge is 2.25. The van der Waals surface area contributed by atoms with Gasteiger partial charge >= 0.3 is 0 Å². The van der Waals surface area contributed by atoms with Crippen molar-refractivity contribution in [2.45, 2.75) is 32.6 Å². The van der Waals surface area contributed by atoms with Gasteiger partial charge in [-0.2, -0.15) is 0 Å². The molecule has 0 saturated carbocycles. The third-order valence-electron chi connectivity index (χ3n) is 4.97. The maximum Gasteiger partial charge on any atom is 0.259 e. The molecule has 0 spiro atoms. The standard InChI is InChI=1S/C23H21ClN2OS/c1-15-6-2-4-8-19(15)26-22(27)21-18-7-3-5-9-20(18)28-23(21)25-14-16-10-12-17(24)13-11-16/h2,4,6,8,10-14H,3,5,7,9H2,1H3,(H,26,27)/b25-14+. The van der Waals surface area contributed by atoms with E-state index in [0.717, 1.165) is 46.6 Å². The molecule has 1 heterocycles. The number of amides is 1. The lowest BCUT2D eigenvalue weighted by atomic mass is 9.95. The number of aliphatic imine (C=N–C) groups is 1. The van der Waals surface area contributed by atoms with Crippen molar-refractivity contribution in [2.24, 2.45) is 4.99 Å². The van der Waals surface area contributed by atoms with Gasteiger partial charge in [-0.1, -0.05) is 41.9 Å². The lowest BCUT2D eigenvalue weighted by Crippen LogP contribution is -2.15. The number of rotatable bonds is 4. The first-order valence-electron chi connectivity index (χ1n) is 9.43. The van der Waals surface area contributed by atoms with Crippen LogP contribution in [0, 0.1) is 6.92 Å². The molecule has 3 aromatic rings. The molecule has 28 heavy (non-hydrogen) atoms. The van der Waals surface area contributed by atoms with Gasteiger partial charge in [0.05, 0.1) is 5.56 Å². The van der Waals surface area contributed by atoms with Crippen molar-refractivity contribution in [3.8, 4) is 0 Å². The number of hydrogen-bond acceptors (Lipinski definition) is 3. The van der Waals surface area contributed by atoms with Crippen molar-refractivity contribution in [3.05, 3.63) is 80.7 Å². The summed E-state index contributed by atoms with van der Waals surface area (Å²) in [5.74, 6) is -0.0723. The molecule has 142 valence electrons. The van der Waals surface area contributed by atoms with E-state index in [-0.39, 0.29) is 5.91 Å². The molecule has 4 rings (SSSR count). The predicted molar refractivity (Wildman–Crippen MR) is 119 cm³/mol. The van der Waals surface area contributed by atoms with Gasteiger partial charge in [0.1, 0.15) is 5.00 Å². The Morgan fingerprint density at radius 3 is 2.64 bits per heavy atom. The van der Waals surface area contributed by atoms with Crippen LogP contribution >= 0.6 is 22.9 Å². The fourth-order valence-corrected chi connectivity index (χ4v) is 4.81. The molecule has 1 aliphatic carbocycles. The van der Waals surface area contributed by atoms with Crippen molar-refractivity contribution in [3.63, 3.8) is 0 Å². The fourth-order valence-electron chi connectivity index (χ4n) is 3.46. The number of halogens is 1. The van der Waals surface area contributed by atoms with E-state index in [1.54, 1.807) is 17.6 Å². The Morgan fingerprint density at radius 1 is 1.11 bits per heavy atom. The van der Waals surface area contributed by atoms with Crippen LogP contribution in [0.1, 0.15) is 44.8 Å². The minimum absolute atomic E-state index is 0.0723. The minimum Gasteiger partial charge on any atom is -0.322 e. The van der Waals surface area contributed by atoms with Crippen LogP contribution in [0.25, 0.3) is 0 Å². The van der Waals surface area contributed by atoms with Crippen LogP contribution in [0.15, 0.2) is 53.5 Å². The number of benzene rings is 2. The lowest BCUT2D eigenvalue weighted by molar-refractivity contribution is 0.102. The summed E-state index contributed by atoms with van der Waals surface area (Å²) < 4.78 is 0.